The molecule has 3 rings (SSSR count). The van der Waals surface area contributed by atoms with Crippen LogP contribution in [0, 0.1) is 0 Å². The summed E-state index contributed by atoms with van der Waals surface area (Å²) >= 11 is 2.00. The van der Waals surface area contributed by atoms with Crippen LogP contribution in [0.3, 0.4) is 0 Å². The van der Waals surface area contributed by atoms with Crippen LogP contribution in [0.5, 0.6) is 5.75 Å². The summed E-state index contributed by atoms with van der Waals surface area (Å²) in [7, 11) is 0. The summed E-state index contributed by atoms with van der Waals surface area (Å²) in [6, 6.07) is 8.63. The third kappa shape index (κ3) is 2.52. The molecule has 0 aromatic heterocycles. The fourth-order valence-electron chi connectivity index (χ4n) is 2.65. The molecular weight excluding hydrogens is 242 g/mol. The van der Waals surface area contributed by atoms with Crippen LogP contribution < -0.4 is 10.5 Å². The van der Waals surface area contributed by atoms with Gasteiger partial charge in [-0.05, 0) is 49.1 Å². The van der Waals surface area contributed by atoms with Crippen LogP contribution >= 0.6 is 11.8 Å². The Morgan fingerprint density at radius 2 is 2.06 bits per heavy atom. The summed E-state index contributed by atoms with van der Waals surface area (Å²) in [6.45, 7) is 0.770. The Balaban J connectivity index is 1.64. The molecule has 1 aliphatic heterocycles. The van der Waals surface area contributed by atoms with Gasteiger partial charge in [-0.15, -0.1) is 0 Å². The molecule has 0 spiro atoms. The molecule has 1 aliphatic carbocycles. The third-order valence-electron chi connectivity index (χ3n) is 4.13. The Bertz CT molecular complexity index is 393. The molecule has 2 fully saturated rings. The summed E-state index contributed by atoms with van der Waals surface area (Å²) in [6.07, 6.45) is 5.36. The third-order valence-corrected chi connectivity index (χ3v) is 5.32. The van der Waals surface area contributed by atoms with E-state index in [9.17, 15) is 0 Å². The molecule has 18 heavy (non-hydrogen) atoms. The number of hydrogen-bond donors (Lipinski definition) is 1. The summed E-state index contributed by atoms with van der Waals surface area (Å²) in [5.41, 5.74) is 7.53. The first kappa shape index (κ1) is 12.4. The Hall–Kier alpha value is -0.670. The van der Waals surface area contributed by atoms with Gasteiger partial charge in [-0.2, -0.15) is 11.8 Å². The molecule has 0 bridgehead atoms. The minimum atomic E-state index is 0.291. The number of benzene rings is 1. The van der Waals surface area contributed by atoms with Crippen LogP contribution in [0.15, 0.2) is 24.3 Å². The van der Waals surface area contributed by atoms with Crippen molar-refractivity contribution in [3.63, 3.8) is 0 Å². The van der Waals surface area contributed by atoms with Crippen molar-refractivity contribution in [1.82, 2.24) is 0 Å². The molecule has 1 heterocycles. The monoisotopic (exact) mass is 263 g/mol. The molecule has 1 atom stereocenters. The molecule has 0 amide bonds. The van der Waals surface area contributed by atoms with Gasteiger partial charge < -0.3 is 10.5 Å². The maximum absolute atomic E-state index is 6.02. The Kier molecular flexibility index (Phi) is 3.53. The highest BCUT2D eigenvalue weighted by molar-refractivity contribution is 7.99. The van der Waals surface area contributed by atoms with Crippen molar-refractivity contribution in [1.29, 1.82) is 0 Å². The predicted octanol–water partition coefficient (Wildman–Crippen LogP) is 2.95. The zero-order valence-electron chi connectivity index (χ0n) is 10.7. The zero-order valence-corrected chi connectivity index (χ0v) is 11.5. The lowest BCUT2D eigenvalue weighted by Gasteiger charge is -2.23. The van der Waals surface area contributed by atoms with E-state index >= 15 is 0 Å². The van der Waals surface area contributed by atoms with E-state index in [1.807, 2.05) is 11.8 Å². The van der Waals surface area contributed by atoms with Gasteiger partial charge in [0.25, 0.3) is 0 Å². The summed E-state index contributed by atoms with van der Waals surface area (Å²) in [5.74, 6) is 3.44. The van der Waals surface area contributed by atoms with Crippen molar-refractivity contribution in [2.75, 3.05) is 18.1 Å². The number of hydrogen-bond acceptors (Lipinski definition) is 3. The molecule has 1 aromatic rings. The topological polar surface area (TPSA) is 35.2 Å². The minimum absolute atomic E-state index is 0.291. The van der Waals surface area contributed by atoms with Crippen LogP contribution in [0.1, 0.15) is 31.2 Å². The van der Waals surface area contributed by atoms with Gasteiger partial charge in [0.2, 0.25) is 0 Å². The minimum Gasteiger partial charge on any atom is -0.490 e. The molecule has 1 aromatic carbocycles. The van der Waals surface area contributed by atoms with E-state index in [1.165, 1.54) is 37.0 Å². The van der Waals surface area contributed by atoms with Gasteiger partial charge in [0, 0.05) is 17.7 Å². The highest BCUT2D eigenvalue weighted by Gasteiger charge is 2.42. The fraction of sp³-hybridized carbons (Fsp3) is 0.600. The molecule has 3 heteroatoms. The van der Waals surface area contributed by atoms with E-state index in [0.717, 1.165) is 18.0 Å². The number of ether oxygens (including phenoxy) is 1. The van der Waals surface area contributed by atoms with Gasteiger partial charge in [0.05, 0.1) is 0 Å². The SMILES string of the molecule is NCC1(c2ccc(OC3CCCSC3)cc2)CC1. The van der Waals surface area contributed by atoms with Crippen molar-refractivity contribution in [2.24, 2.45) is 5.73 Å². The van der Waals surface area contributed by atoms with Crippen molar-refractivity contribution in [3.8, 4) is 5.75 Å². The van der Waals surface area contributed by atoms with Crippen LogP contribution in [-0.4, -0.2) is 24.2 Å². The summed E-state index contributed by atoms with van der Waals surface area (Å²) < 4.78 is 6.02. The van der Waals surface area contributed by atoms with E-state index < -0.39 is 0 Å². The first-order valence-corrected chi connectivity index (χ1v) is 8.03. The lowest BCUT2D eigenvalue weighted by atomic mass is 9.96. The van der Waals surface area contributed by atoms with Crippen molar-refractivity contribution >= 4 is 11.8 Å². The van der Waals surface area contributed by atoms with Crippen LogP contribution in [0.2, 0.25) is 0 Å². The number of nitrogens with two attached hydrogens (primary N) is 1. The van der Waals surface area contributed by atoms with Crippen LogP contribution in [0.25, 0.3) is 0 Å². The Morgan fingerprint density at radius 3 is 2.61 bits per heavy atom. The highest BCUT2D eigenvalue weighted by atomic mass is 32.2. The van der Waals surface area contributed by atoms with Gasteiger partial charge >= 0.3 is 0 Å². The van der Waals surface area contributed by atoms with Crippen molar-refractivity contribution in [3.05, 3.63) is 29.8 Å². The van der Waals surface area contributed by atoms with Gasteiger partial charge in [0.1, 0.15) is 11.9 Å². The summed E-state index contributed by atoms with van der Waals surface area (Å²) in [5, 5.41) is 0. The largest absolute Gasteiger partial charge is 0.490 e. The standard InChI is InChI=1S/C15H21NOS/c16-11-15(7-8-15)12-3-5-13(6-4-12)17-14-2-1-9-18-10-14/h3-6,14H,1-2,7-11,16H2. The number of rotatable bonds is 4. The molecule has 2 nitrogen and oxygen atoms in total. The van der Waals surface area contributed by atoms with E-state index in [-0.39, 0.29) is 0 Å². The molecule has 0 radical (unpaired) electrons. The molecule has 1 unspecified atom stereocenters. The van der Waals surface area contributed by atoms with Gasteiger partial charge in [-0.3, -0.25) is 0 Å². The molecule has 2 N–H and O–H groups in total. The lowest BCUT2D eigenvalue weighted by Crippen LogP contribution is -2.23. The zero-order chi connectivity index (χ0) is 12.4. The van der Waals surface area contributed by atoms with E-state index in [0.29, 0.717) is 11.5 Å². The Labute approximate surface area is 113 Å². The van der Waals surface area contributed by atoms with Crippen molar-refractivity contribution in [2.45, 2.75) is 37.2 Å². The van der Waals surface area contributed by atoms with Gasteiger partial charge in [-0.25, -0.2) is 0 Å². The average Bonchev–Trinajstić information content (AvgIpc) is 3.22. The normalized spacial score (nSPS) is 25.7. The molecule has 98 valence electrons. The van der Waals surface area contributed by atoms with Gasteiger partial charge in [-0.1, -0.05) is 12.1 Å². The maximum Gasteiger partial charge on any atom is 0.119 e. The van der Waals surface area contributed by atoms with E-state index in [2.05, 4.69) is 24.3 Å². The fourth-order valence-corrected chi connectivity index (χ4v) is 3.68. The number of thioether (sulfide) groups is 1. The molecule has 2 aliphatic rings. The highest BCUT2D eigenvalue weighted by Crippen LogP contribution is 2.47. The predicted molar refractivity (Wildman–Crippen MR) is 77.4 cm³/mol. The Morgan fingerprint density at radius 1 is 1.28 bits per heavy atom. The molecular formula is C15H21NOS. The molecule has 1 saturated carbocycles. The smallest absolute Gasteiger partial charge is 0.119 e. The molecule has 1 saturated heterocycles. The van der Waals surface area contributed by atoms with Crippen LogP contribution in [0.4, 0.5) is 0 Å². The second-order valence-electron chi connectivity index (χ2n) is 5.47. The maximum atomic E-state index is 6.02. The van der Waals surface area contributed by atoms with E-state index in [4.69, 9.17) is 10.5 Å². The van der Waals surface area contributed by atoms with Gasteiger partial charge in [0.15, 0.2) is 0 Å². The second-order valence-corrected chi connectivity index (χ2v) is 6.62. The summed E-state index contributed by atoms with van der Waals surface area (Å²) in [4.78, 5) is 0. The average molecular weight is 263 g/mol. The van der Waals surface area contributed by atoms with Crippen molar-refractivity contribution < 1.29 is 4.74 Å². The first-order chi connectivity index (χ1) is 8.82. The first-order valence-electron chi connectivity index (χ1n) is 6.87. The quantitative estimate of drug-likeness (QED) is 0.907. The second kappa shape index (κ2) is 5.14. The van der Waals surface area contributed by atoms with E-state index in [1.54, 1.807) is 0 Å². The lowest BCUT2D eigenvalue weighted by molar-refractivity contribution is 0.211. The van der Waals surface area contributed by atoms with Crippen LogP contribution in [-0.2, 0) is 5.41 Å².